The molecule has 1 saturated heterocycles. The Morgan fingerprint density at radius 2 is 2.04 bits per heavy atom. The number of morpholine rings is 1. The topological polar surface area (TPSA) is 61.9 Å². The molecule has 1 saturated carbocycles. The number of nitrogens with zero attached hydrogens (tertiary/aromatic N) is 2. The Morgan fingerprint density at radius 1 is 1.26 bits per heavy atom. The minimum absolute atomic E-state index is 0.0339. The zero-order chi connectivity index (χ0) is 16.0. The third-order valence-electron chi connectivity index (χ3n) is 4.77. The lowest BCUT2D eigenvalue weighted by atomic mass is 10.1. The van der Waals surface area contributed by atoms with Gasteiger partial charge in [0.1, 0.15) is 0 Å². The van der Waals surface area contributed by atoms with Crippen molar-refractivity contribution in [1.82, 2.24) is 15.3 Å². The van der Waals surface area contributed by atoms with Crippen LogP contribution in [0, 0.1) is 5.92 Å². The monoisotopic (exact) mass is 315 g/mol. The molecule has 1 aliphatic carbocycles. The van der Waals surface area contributed by atoms with Crippen molar-refractivity contribution < 1.29 is 14.3 Å². The molecule has 2 fully saturated rings. The minimum atomic E-state index is -0.216. The summed E-state index contributed by atoms with van der Waals surface area (Å²) < 4.78 is 5.93. The van der Waals surface area contributed by atoms with Gasteiger partial charge >= 0.3 is 6.03 Å². The number of amides is 3. The van der Waals surface area contributed by atoms with Crippen LogP contribution in [-0.2, 0) is 11.3 Å². The van der Waals surface area contributed by atoms with Crippen molar-refractivity contribution in [1.29, 1.82) is 0 Å². The molecule has 1 aromatic carbocycles. The van der Waals surface area contributed by atoms with Gasteiger partial charge in [0.15, 0.2) is 0 Å². The van der Waals surface area contributed by atoms with Gasteiger partial charge < -0.3 is 9.64 Å². The normalized spacial score (nSPS) is 27.1. The maximum atomic E-state index is 12.6. The highest BCUT2D eigenvalue weighted by Crippen LogP contribution is 2.36. The number of hydrazine groups is 1. The van der Waals surface area contributed by atoms with E-state index in [4.69, 9.17) is 4.74 Å². The molecule has 2 heterocycles. The maximum absolute atomic E-state index is 12.6. The van der Waals surface area contributed by atoms with Crippen molar-refractivity contribution in [3.63, 3.8) is 0 Å². The number of hydrogen-bond acceptors (Lipinski definition) is 3. The molecule has 4 rings (SSSR count). The Labute approximate surface area is 135 Å². The summed E-state index contributed by atoms with van der Waals surface area (Å²) in [6.45, 7) is 3.58. The lowest BCUT2D eigenvalue weighted by Crippen LogP contribution is -2.56. The van der Waals surface area contributed by atoms with E-state index < -0.39 is 0 Å². The van der Waals surface area contributed by atoms with Gasteiger partial charge in [0.25, 0.3) is 5.91 Å². The number of carbonyl (C=O) groups excluding carboxylic acids is 2. The predicted molar refractivity (Wildman–Crippen MR) is 83.5 cm³/mol. The van der Waals surface area contributed by atoms with Gasteiger partial charge in [-0.2, -0.15) is 0 Å². The van der Waals surface area contributed by atoms with Crippen LogP contribution in [0.1, 0.15) is 35.7 Å². The minimum Gasteiger partial charge on any atom is -0.371 e. The second kappa shape index (κ2) is 5.53. The lowest BCUT2D eigenvalue weighted by Gasteiger charge is -2.37. The number of fused-ring (bicyclic) bond motifs is 1. The molecule has 23 heavy (non-hydrogen) atoms. The van der Waals surface area contributed by atoms with Crippen molar-refractivity contribution in [2.24, 2.45) is 5.92 Å². The molecule has 2 unspecified atom stereocenters. The van der Waals surface area contributed by atoms with Crippen molar-refractivity contribution >= 4 is 11.9 Å². The molecule has 122 valence electrons. The molecule has 0 radical (unpaired) electrons. The molecule has 0 spiro atoms. The van der Waals surface area contributed by atoms with Crippen LogP contribution in [0.25, 0.3) is 0 Å². The number of nitrogens with one attached hydrogen (secondary N) is 1. The number of rotatable bonds is 2. The van der Waals surface area contributed by atoms with Gasteiger partial charge in [0, 0.05) is 18.7 Å². The molecule has 0 bridgehead atoms. The Hall–Kier alpha value is -2.08. The summed E-state index contributed by atoms with van der Waals surface area (Å²) >= 11 is 0. The zero-order valence-electron chi connectivity index (χ0n) is 13.2. The highest BCUT2D eigenvalue weighted by molar-refractivity contribution is 5.99. The van der Waals surface area contributed by atoms with Gasteiger partial charge in [-0.05, 0) is 37.3 Å². The van der Waals surface area contributed by atoms with Gasteiger partial charge in [-0.3, -0.25) is 4.79 Å². The van der Waals surface area contributed by atoms with Crippen molar-refractivity contribution in [2.75, 3.05) is 13.1 Å². The van der Waals surface area contributed by atoms with Crippen LogP contribution in [-0.4, -0.2) is 47.1 Å². The average molecular weight is 315 g/mol. The molecule has 6 nitrogen and oxygen atoms in total. The fourth-order valence-electron chi connectivity index (χ4n) is 3.41. The van der Waals surface area contributed by atoms with E-state index in [1.807, 2.05) is 25.1 Å². The van der Waals surface area contributed by atoms with Crippen molar-refractivity contribution in [3.8, 4) is 0 Å². The molecule has 1 aromatic rings. The van der Waals surface area contributed by atoms with E-state index in [0.717, 1.165) is 5.56 Å². The van der Waals surface area contributed by atoms with E-state index in [0.29, 0.717) is 31.1 Å². The van der Waals surface area contributed by atoms with Gasteiger partial charge in [0.05, 0.1) is 18.8 Å². The largest absolute Gasteiger partial charge is 0.371 e. The summed E-state index contributed by atoms with van der Waals surface area (Å²) in [4.78, 5) is 26.7. The first-order chi connectivity index (χ1) is 11.1. The Bertz CT molecular complexity index is 644. The van der Waals surface area contributed by atoms with E-state index in [1.54, 1.807) is 11.0 Å². The third kappa shape index (κ3) is 2.79. The molecule has 6 heteroatoms. The number of carbonyl (C=O) groups is 2. The summed E-state index contributed by atoms with van der Waals surface area (Å²) in [6.07, 6.45) is 2.54. The Kier molecular flexibility index (Phi) is 3.49. The summed E-state index contributed by atoms with van der Waals surface area (Å²) in [5.41, 5.74) is 4.37. The highest BCUT2D eigenvalue weighted by Gasteiger charge is 2.39. The summed E-state index contributed by atoms with van der Waals surface area (Å²) in [6, 6.07) is 7.24. The van der Waals surface area contributed by atoms with Crippen molar-refractivity contribution in [2.45, 2.75) is 38.5 Å². The first kappa shape index (κ1) is 14.5. The molecular formula is C17H21N3O3. The predicted octanol–water partition coefficient (Wildman–Crippen LogP) is 1.77. The van der Waals surface area contributed by atoms with Gasteiger partial charge in [-0.25, -0.2) is 15.2 Å². The van der Waals surface area contributed by atoms with Crippen LogP contribution >= 0.6 is 0 Å². The van der Waals surface area contributed by atoms with E-state index in [9.17, 15) is 9.59 Å². The quantitative estimate of drug-likeness (QED) is 0.905. The molecule has 3 amide bonds. The SMILES string of the molecule is CC1CN(C(=O)NN2Cc3ccccc3C2=O)CC(C2CC2)O1. The summed E-state index contributed by atoms with van der Waals surface area (Å²) in [5.74, 6) is 0.444. The average Bonchev–Trinajstić information content (AvgIpc) is 3.34. The third-order valence-corrected chi connectivity index (χ3v) is 4.77. The van der Waals surface area contributed by atoms with E-state index >= 15 is 0 Å². The molecule has 2 atom stereocenters. The first-order valence-electron chi connectivity index (χ1n) is 8.22. The lowest BCUT2D eigenvalue weighted by molar-refractivity contribution is -0.0743. The van der Waals surface area contributed by atoms with Crippen molar-refractivity contribution in [3.05, 3.63) is 35.4 Å². The zero-order valence-corrected chi connectivity index (χ0v) is 13.2. The first-order valence-corrected chi connectivity index (χ1v) is 8.22. The van der Waals surface area contributed by atoms with Gasteiger partial charge in [-0.15, -0.1) is 0 Å². The van der Waals surface area contributed by atoms with E-state index in [2.05, 4.69) is 5.43 Å². The van der Waals surface area contributed by atoms with Crippen LogP contribution in [0.3, 0.4) is 0 Å². The van der Waals surface area contributed by atoms with Crippen LogP contribution < -0.4 is 5.43 Å². The Balaban J connectivity index is 1.41. The number of hydrogen-bond donors (Lipinski definition) is 1. The highest BCUT2D eigenvalue weighted by atomic mass is 16.5. The molecular weight excluding hydrogens is 294 g/mol. The summed E-state index contributed by atoms with van der Waals surface area (Å²) in [7, 11) is 0. The maximum Gasteiger partial charge on any atom is 0.336 e. The molecule has 0 aromatic heterocycles. The molecule has 3 aliphatic rings. The molecule has 2 aliphatic heterocycles. The fraction of sp³-hybridized carbons (Fsp3) is 0.529. The van der Waals surface area contributed by atoms with Crippen LogP contribution in [0.5, 0.6) is 0 Å². The van der Waals surface area contributed by atoms with E-state index in [-0.39, 0.29) is 24.1 Å². The van der Waals surface area contributed by atoms with Crippen LogP contribution in [0.2, 0.25) is 0 Å². The number of urea groups is 1. The standard InChI is InChI=1S/C17H21N3O3/c1-11-8-19(10-15(23-11)12-6-7-12)17(22)18-20-9-13-4-2-3-5-14(13)16(20)21/h2-5,11-12,15H,6-10H2,1H3,(H,18,22). The number of benzene rings is 1. The van der Waals surface area contributed by atoms with Gasteiger partial charge in [-0.1, -0.05) is 18.2 Å². The second-order valence-corrected chi connectivity index (χ2v) is 6.69. The van der Waals surface area contributed by atoms with Crippen LogP contribution in [0.15, 0.2) is 24.3 Å². The van der Waals surface area contributed by atoms with Gasteiger partial charge in [0.2, 0.25) is 0 Å². The summed E-state index contributed by atoms with van der Waals surface area (Å²) in [5, 5.41) is 1.40. The van der Waals surface area contributed by atoms with E-state index in [1.165, 1.54) is 17.9 Å². The van der Waals surface area contributed by atoms with Crippen LogP contribution in [0.4, 0.5) is 4.79 Å². The second-order valence-electron chi connectivity index (χ2n) is 6.69. The number of ether oxygens (including phenoxy) is 1. The fourth-order valence-corrected chi connectivity index (χ4v) is 3.41. The smallest absolute Gasteiger partial charge is 0.336 e. The molecule has 1 N–H and O–H groups in total. The Morgan fingerprint density at radius 3 is 2.78 bits per heavy atom.